The Labute approximate surface area is 150 Å². The number of nitrogens with one attached hydrogen (secondary N) is 1. The van der Waals surface area contributed by atoms with Crippen LogP contribution in [0.3, 0.4) is 0 Å². The first-order chi connectivity index (χ1) is 11.6. The van der Waals surface area contributed by atoms with Gasteiger partial charge in [0, 0.05) is 22.3 Å². The van der Waals surface area contributed by atoms with Gasteiger partial charge < -0.3 is 14.8 Å². The second kappa shape index (κ2) is 7.81. The van der Waals surface area contributed by atoms with Crippen molar-refractivity contribution in [3.8, 4) is 5.75 Å². The Kier molecular flexibility index (Phi) is 5.53. The molecule has 4 nitrogen and oxygen atoms in total. The van der Waals surface area contributed by atoms with Crippen LogP contribution in [0.15, 0.2) is 46.9 Å². The van der Waals surface area contributed by atoms with E-state index in [1.165, 1.54) is 0 Å². The van der Waals surface area contributed by atoms with Crippen molar-refractivity contribution in [1.29, 1.82) is 0 Å². The zero-order valence-corrected chi connectivity index (χ0v) is 15.1. The average Bonchev–Trinajstić information content (AvgIpc) is 3.10. The summed E-state index contributed by atoms with van der Waals surface area (Å²) in [6.45, 7) is 3.37. The molecule has 0 unspecified atom stereocenters. The number of rotatable bonds is 5. The van der Waals surface area contributed by atoms with Gasteiger partial charge in [-0.15, -0.1) is 0 Å². The molecule has 0 aliphatic carbocycles. The van der Waals surface area contributed by atoms with Crippen molar-refractivity contribution in [2.24, 2.45) is 0 Å². The molecule has 1 saturated heterocycles. The highest BCUT2D eigenvalue weighted by Crippen LogP contribution is 2.21. The molecular weight excluding hydrogens is 370 g/mol. The standard InChI is InChI=1S/C19H20BrNO3/c1-13-11-15(6-9-18(13)20)21-19(22)14-4-7-16(8-5-14)24-12-17-3-2-10-23-17/h4-9,11,17H,2-3,10,12H2,1H3,(H,21,22)/t17-/m0/s1. The molecule has 0 saturated carbocycles. The molecule has 5 heteroatoms. The third kappa shape index (κ3) is 4.36. The van der Waals surface area contributed by atoms with E-state index in [1.54, 1.807) is 12.1 Å². The van der Waals surface area contributed by atoms with Crippen molar-refractivity contribution in [1.82, 2.24) is 0 Å². The maximum absolute atomic E-state index is 12.3. The van der Waals surface area contributed by atoms with Gasteiger partial charge in [-0.3, -0.25) is 4.79 Å². The number of aryl methyl sites for hydroxylation is 1. The van der Waals surface area contributed by atoms with Gasteiger partial charge in [0.2, 0.25) is 0 Å². The lowest BCUT2D eigenvalue weighted by Crippen LogP contribution is -2.16. The molecule has 1 heterocycles. The third-order valence-electron chi connectivity index (χ3n) is 3.99. The molecular formula is C19H20BrNO3. The average molecular weight is 390 g/mol. The molecule has 1 atom stereocenters. The molecule has 1 aliphatic rings. The summed E-state index contributed by atoms with van der Waals surface area (Å²) in [7, 11) is 0. The summed E-state index contributed by atoms with van der Waals surface area (Å²) in [5, 5.41) is 2.90. The van der Waals surface area contributed by atoms with Crippen LogP contribution in [0, 0.1) is 6.92 Å². The van der Waals surface area contributed by atoms with Crippen LogP contribution >= 0.6 is 15.9 Å². The lowest BCUT2D eigenvalue weighted by Gasteiger charge is -2.12. The number of anilines is 1. The molecule has 2 aromatic rings. The van der Waals surface area contributed by atoms with Gasteiger partial charge in [-0.2, -0.15) is 0 Å². The predicted octanol–water partition coefficient (Wildman–Crippen LogP) is 4.57. The Morgan fingerprint density at radius 3 is 2.75 bits per heavy atom. The predicted molar refractivity (Wildman–Crippen MR) is 97.7 cm³/mol. The van der Waals surface area contributed by atoms with E-state index in [2.05, 4.69) is 21.2 Å². The first-order valence-electron chi connectivity index (χ1n) is 8.04. The zero-order chi connectivity index (χ0) is 16.9. The second-order valence-electron chi connectivity index (χ2n) is 5.89. The Bertz CT molecular complexity index is 709. The van der Waals surface area contributed by atoms with E-state index in [9.17, 15) is 4.79 Å². The maximum atomic E-state index is 12.3. The lowest BCUT2D eigenvalue weighted by molar-refractivity contribution is 0.0679. The van der Waals surface area contributed by atoms with Crippen molar-refractivity contribution in [2.75, 3.05) is 18.5 Å². The maximum Gasteiger partial charge on any atom is 0.255 e. The fourth-order valence-electron chi connectivity index (χ4n) is 2.59. The van der Waals surface area contributed by atoms with E-state index in [1.807, 2.05) is 37.3 Å². The molecule has 1 fully saturated rings. The van der Waals surface area contributed by atoms with Gasteiger partial charge in [-0.25, -0.2) is 0 Å². The summed E-state index contributed by atoms with van der Waals surface area (Å²) in [6, 6.07) is 12.9. The number of ether oxygens (including phenoxy) is 2. The molecule has 1 aliphatic heterocycles. The largest absolute Gasteiger partial charge is 0.491 e. The van der Waals surface area contributed by atoms with Gasteiger partial charge in [-0.1, -0.05) is 15.9 Å². The van der Waals surface area contributed by atoms with Crippen molar-refractivity contribution in [3.05, 3.63) is 58.1 Å². The van der Waals surface area contributed by atoms with Crippen LogP contribution in [0.25, 0.3) is 0 Å². The van der Waals surface area contributed by atoms with Gasteiger partial charge in [0.1, 0.15) is 12.4 Å². The summed E-state index contributed by atoms with van der Waals surface area (Å²) in [6.07, 6.45) is 2.34. The van der Waals surface area contributed by atoms with Gasteiger partial charge in [-0.05, 0) is 67.8 Å². The summed E-state index contributed by atoms with van der Waals surface area (Å²) < 4.78 is 12.3. The Morgan fingerprint density at radius 1 is 1.29 bits per heavy atom. The first kappa shape index (κ1) is 17.0. The van der Waals surface area contributed by atoms with Crippen molar-refractivity contribution < 1.29 is 14.3 Å². The van der Waals surface area contributed by atoms with Crippen LogP contribution in [-0.2, 0) is 4.74 Å². The molecule has 0 aromatic heterocycles. The van der Waals surface area contributed by atoms with Crippen LogP contribution in [-0.4, -0.2) is 25.2 Å². The number of amides is 1. The molecule has 3 rings (SSSR count). The summed E-state index contributed by atoms with van der Waals surface area (Å²) >= 11 is 3.45. The number of hydrogen-bond acceptors (Lipinski definition) is 3. The van der Waals surface area contributed by atoms with Crippen molar-refractivity contribution in [3.63, 3.8) is 0 Å². The van der Waals surface area contributed by atoms with E-state index in [0.717, 1.165) is 40.9 Å². The van der Waals surface area contributed by atoms with Gasteiger partial charge in [0.15, 0.2) is 0 Å². The van der Waals surface area contributed by atoms with E-state index in [-0.39, 0.29) is 12.0 Å². The van der Waals surface area contributed by atoms with E-state index >= 15 is 0 Å². The first-order valence-corrected chi connectivity index (χ1v) is 8.83. The molecule has 0 spiro atoms. The highest BCUT2D eigenvalue weighted by molar-refractivity contribution is 9.10. The fourth-order valence-corrected chi connectivity index (χ4v) is 2.84. The minimum Gasteiger partial charge on any atom is -0.491 e. The van der Waals surface area contributed by atoms with Crippen LogP contribution in [0.2, 0.25) is 0 Å². The van der Waals surface area contributed by atoms with E-state index in [4.69, 9.17) is 9.47 Å². The SMILES string of the molecule is Cc1cc(NC(=O)c2ccc(OC[C@@H]3CCCO3)cc2)ccc1Br. The summed E-state index contributed by atoms with van der Waals surface area (Å²) in [5.41, 5.74) is 2.45. The number of halogens is 1. The van der Waals surface area contributed by atoms with Crippen LogP contribution in [0.1, 0.15) is 28.8 Å². The van der Waals surface area contributed by atoms with E-state index < -0.39 is 0 Å². The quantitative estimate of drug-likeness (QED) is 0.814. The number of carbonyl (C=O) groups is 1. The highest BCUT2D eigenvalue weighted by Gasteiger charge is 2.16. The number of benzene rings is 2. The third-order valence-corrected chi connectivity index (χ3v) is 4.88. The smallest absolute Gasteiger partial charge is 0.255 e. The lowest BCUT2D eigenvalue weighted by atomic mass is 10.2. The van der Waals surface area contributed by atoms with Crippen LogP contribution < -0.4 is 10.1 Å². The number of carbonyl (C=O) groups excluding carboxylic acids is 1. The molecule has 1 N–H and O–H groups in total. The molecule has 24 heavy (non-hydrogen) atoms. The summed E-state index contributed by atoms with van der Waals surface area (Å²) in [5.74, 6) is 0.615. The Hall–Kier alpha value is -1.85. The minimum absolute atomic E-state index is 0.137. The minimum atomic E-state index is -0.137. The summed E-state index contributed by atoms with van der Waals surface area (Å²) in [4.78, 5) is 12.3. The molecule has 2 aromatic carbocycles. The monoisotopic (exact) mass is 389 g/mol. The topological polar surface area (TPSA) is 47.6 Å². The zero-order valence-electron chi connectivity index (χ0n) is 13.5. The van der Waals surface area contributed by atoms with Crippen LogP contribution in [0.5, 0.6) is 5.75 Å². The molecule has 126 valence electrons. The van der Waals surface area contributed by atoms with Gasteiger partial charge in [0.05, 0.1) is 6.10 Å². The van der Waals surface area contributed by atoms with Crippen molar-refractivity contribution in [2.45, 2.75) is 25.9 Å². The Balaban J connectivity index is 1.57. The van der Waals surface area contributed by atoms with Gasteiger partial charge >= 0.3 is 0 Å². The molecule has 1 amide bonds. The van der Waals surface area contributed by atoms with Gasteiger partial charge in [0.25, 0.3) is 5.91 Å². The van der Waals surface area contributed by atoms with Crippen LogP contribution in [0.4, 0.5) is 5.69 Å². The highest BCUT2D eigenvalue weighted by atomic mass is 79.9. The van der Waals surface area contributed by atoms with E-state index in [0.29, 0.717) is 12.2 Å². The number of hydrogen-bond donors (Lipinski definition) is 1. The molecule has 0 radical (unpaired) electrons. The normalized spacial score (nSPS) is 16.8. The second-order valence-corrected chi connectivity index (χ2v) is 6.74. The molecule has 0 bridgehead atoms. The fraction of sp³-hybridized carbons (Fsp3) is 0.316. The van der Waals surface area contributed by atoms with Crippen molar-refractivity contribution >= 4 is 27.5 Å². The Morgan fingerprint density at radius 2 is 2.08 bits per heavy atom.